The van der Waals surface area contributed by atoms with Crippen molar-refractivity contribution in [2.45, 2.75) is 58.3 Å². The smallest absolute Gasteiger partial charge is 0.0782 e. The Bertz CT molecular complexity index is 146. The van der Waals surface area contributed by atoms with E-state index in [2.05, 4.69) is 36.9 Å². The number of hydrogen-bond acceptors (Lipinski definition) is 0. The van der Waals surface area contributed by atoms with Crippen LogP contribution in [0.5, 0.6) is 0 Å². The van der Waals surface area contributed by atoms with Crippen molar-refractivity contribution in [1.29, 1.82) is 0 Å². The number of hydrogen-bond donors (Lipinski definition) is 0. The molecule has 0 spiro atoms. The number of rotatable bonds is 11. The summed E-state index contributed by atoms with van der Waals surface area (Å²) in [5.74, 6) is 0. The first-order valence-corrected chi connectivity index (χ1v) is 8.12. The van der Waals surface area contributed by atoms with Gasteiger partial charge in [-0.15, -0.1) is 0 Å². The van der Waals surface area contributed by atoms with Crippen LogP contribution in [0.2, 0.25) is 0 Å². The van der Waals surface area contributed by atoms with Gasteiger partial charge >= 0.3 is 0 Å². The van der Waals surface area contributed by atoms with Gasteiger partial charge in [0.15, 0.2) is 0 Å². The zero-order valence-electron chi connectivity index (χ0n) is 11.6. The number of halogens is 1. The number of unbranched alkanes of at least 4 members (excludes halogenated alkanes) is 6. The minimum absolute atomic E-state index is 1.16. The van der Waals surface area contributed by atoms with Crippen LogP contribution in [0.3, 0.4) is 0 Å². The molecule has 0 rings (SSSR count). The second kappa shape index (κ2) is 10.6. The minimum atomic E-state index is 1.16. The van der Waals surface area contributed by atoms with Crippen LogP contribution in [0.1, 0.15) is 58.3 Å². The van der Waals surface area contributed by atoms with Gasteiger partial charge in [-0.05, 0) is 25.7 Å². The average molecular weight is 293 g/mol. The van der Waals surface area contributed by atoms with Gasteiger partial charge < -0.3 is 4.48 Å². The molecule has 0 aromatic carbocycles. The van der Waals surface area contributed by atoms with E-state index in [0.29, 0.717) is 0 Å². The van der Waals surface area contributed by atoms with Gasteiger partial charge in [-0.1, -0.05) is 48.5 Å². The Hall–Kier alpha value is 0.440. The number of nitrogens with zero attached hydrogens (tertiary/aromatic N) is 1. The van der Waals surface area contributed by atoms with E-state index in [1.54, 1.807) is 0 Å². The summed E-state index contributed by atoms with van der Waals surface area (Å²) in [4.78, 5) is 0. The third kappa shape index (κ3) is 10.9. The molecule has 0 aliphatic heterocycles. The molecule has 0 saturated carbocycles. The van der Waals surface area contributed by atoms with Crippen molar-refractivity contribution in [3.8, 4) is 0 Å². The number of alkyl halides is 1. The summed E-state index contributed by atoms with van der Waals surface area (Å²) < 4.78 is 1.21. The lowest BCUT2D eigenvalue weighted by atomic mass is 10.1. The first-order chi connectivity index (χ1) is 7.62. The lowest BCUT2D eigenvalue weighted by Crippen LogP contribution is -2.41. The molecule has 0 unspecified atom stereocenters. The molecule has 0 heterocycles. The molecule has 98 valence electrons. The van der Waals surface area contributed by atoms with Crippen LogP contribution in [0.15, 0.2) is 0 Å². The Morgan fingerprint density at radius 2 is 1.25 bits per heavy atom. The van der Waals surface area contributed by atoms with Crippen LogP contribution in [0, 0.1) is 0 Å². The van der Waals surface area contributed by atoms with Crippen molar-refractivity contribution in [3.05, 3.63) is 0 Å². The van der Waals surface area contributed by atoms with Crippen LogP contribution in [-0.2, 0) is 0 Å². The van der Waals surface area contributed by atoms with Crippen molar-refractivity contribution in [2.75, 3.05) is 32.5 Å². The molecule has 0 saturated heterocycles. The molecule has 0 fully saturated rings. The maximum absolute atomic E-state index is 3.50. The highest BCUT2D eigenvalue weighted by atomic mass is 79.9. The largest absolute Gasteiger partial charge is 0.328 e. The fourth-order valence-electron chi connectivity index (χ4n) is 2.07. The van der Waals surface area contributed by atoms with E-state index in [1.807, 2.05) is 0 Å². The van der Waals surface area contributed by atoms with Gasteiger partial charge in [-0.3, -0.25) is 0 Å². The standard InChI is InChI=1S/C14H31BrN/c1-4-5-6-7-8-10-13-16(2,3)14-11-9-12-15/h4-14H2,1-3H3/q+1. The average Bonchev–Trinajstić information content (AvgIpc) is 2.23. The van der Waals surface area contributed by atoms with E-state index in [4.69, 9.17) is 0 Å². The first-order valence-electron chi connectivity index (χ1n) is 7.00. The molecule has 0 aromatic heterocycles. The summed E-state index contributed by atoms with van der Waals surface area (Å²) in [5.41, 5.74) is 0. The second-order valence-electron chi connectivity index (χ2n) is 5.55. The number of quaternary nitrogens is 1. The highest BCUT2D eigenvalue weighted by molar-refractivity contribution is 9.09. The quantitative estimate of drug-likeness (QED) is 0.297. The molecule has 2 heteroatoms. The van der Waals surface area contributed by atoms with Crippen molar-refractivity contribution in [3.63, 3.8) is 0 Å². The van der Waals surface area contributed by atoms with Crippen molar-refractivity contribution >= 4 is 15.9 Å². The molecule has 1 nitrogen and oxygen atoms in total. The Balaban J connectivity index is 3.35. The van der Waals surface area contributed by atoms with Gasteiger partial charge in [0.1, 0.15) is 0 Å². The topological polar surface area (TPSA) is 0 Å². The van der Waals surface area contributed by atoms with E-state index >= 15 is 0 Å². The maximum Gasteiger partial charge on any atom is 0.0782 e. The third-order valence-electron chi connectivity index (χ3n) is 3.26. The maximum atomic E-state index is 3.50. The summed E-state index contributed by atoms with van der Waals surface area (Å²) >= 11 is 3.50. The van der Waals surface area contributed by atoms with Crippen LogP contribution < -0.4 is 0 Å². The molecule has 16 heavy (non-hydrogen) atoms. The van der Waals surface area contributed by atoms with Gasteiger partial charge in [-0.25, -0.2) is 0 Å². The molecule has 0 bridgehead atoms. The zero-order valence-corrected chi connectivity index (χ0v) is 13.2. The normalized spacial score (nSPS) is 12.0. The van der Waals surface area contributed by atoms with Gasteiger partial charge in [0.25, 0.3) is 0 Å². The predicted octanol–water partition coefficient (Wildman–Crippen LogP) is 4.60. The lowest BCUT2D eigenvalue weighted by Gasteiger charge is -2.29. The van der Waals surface area contributed by atoms with Gasteiger partial charge in [0, 0.05) is 5.33 Å². The minimum Gasteiger partial charge on any atom is -0.328 e. The molecule has 0 aliphatic carbocycles. The van der Waals surface area contributed by atoms with Gasteiger partial charge in [0.2, 0.25) is 0 Å². The second-order valence-corrected chi connectivity index (χ2v) is 6.34. The molecule has 0 N–H and O–H groups in total. The fourth-order valence-corrected chi connectivity index (χ4v) is 2.46. The Morgan fingerprint density at radius 1 is 0.750 bits per heavy atom. The fraction of sp³-hybridized carbons (Fsp3) is 1.00. The van der Waals surface area contributed by atoms with E-state index in [-0.39, 0.29) is 0 Å². The van der Waals surface area contributed by atoms with Gasteiger partial charge in [-0.2, -0.15) is 0 Å². The van der Waals surface area contributed by atoms with Crippen molar-refractivity contribution in [1.82, 2.24) is 0 Å². The summed E-state index contributed by atoms with van der Waals surface area (Å²) in [6, 6.07) is 0. The zero-order chi connectivity index (χ0) is 12.3. The third-order valence-corrected chi connectivity index (χ3v) is 3.82. The summed E-state index contributed by atoms with van der Waals surface area (Å²) in [6.45, 7) is 4.97. The predicted molar refractivity (Wildman–Crippen MR) is 78.2 cm³/mol. The van der Waals surface area contributed by atoms with Crippen molar-refractivity contribution < 1.29 is 4.48 Å². The molecule has 0 atom stereocenters. The summed E-state index contributed by atoms with van der Waals surface area (Å²) in [7, 11) is 4.75. The van der Waals surface area contributed by atoms with Crippen LogP contribution in [-0.4, -0.2) is 37.0 Å². The molecule has 0 aromatic rings. The van der Waals surface area contributed by atoms with Crippen LogP contribution in [0.25, 0.3) is 0 Å². The van der Waals surface area contributed by atoms with E-state index in [9.17, 15) is 0 Å². The SMILES string of the molecule is CCCCCCCC[N+](C)(C)CCCCBr. The Labute approximate surface area is 111 Å². The van der Waals surface area contributed by atoms with E-state index < -0.39 is 0 Å². The molecular weight excluding hydrogens is 262 g/mol. The van der Waals surface area contributed by atoms with Crippen LogP contribution in [0.4, 0.5) is 0 Å². The molecular formula is C14H31BrN+. The summed E-state index contributed by atoms with van der Waals surface area (Å²) in [6.07, 6.45) is 11.2. The summed E-state index contributed by atoms with van der Waals surface area (Å²) in [5, 5.41) is 1.16. The molecule has 0 aliphatic rings. The highest BCUT2D eigenvalue weighted by Crippen LogP contribution is 2.09. The van der Waals surface area contributed by atoms with Crippen LogP contribution >= 0.6 is 15.9 Å². The van der Waals surface area contributed by atoms with Crippen molar-refractivity contribution in [2.24, 2.45) is 0 Å². The van der Waals surface area contributed by atoms with E-state index in [0.717, 1.165) is 5.33 Å². The molecule has 0 radical (unpaired) electrons. The highest BCUT2D eigenvalue weighted by Gasteiger charge is 2.13. The molecule has 0 amide bonds. The van der Waals surface area contributed by atoms with Gasteiger partial charge in [0.05, 0.1) is 27.2 Å². The lowest BCUT2D eigenvalue weighted by molar-refractivity contribution is -0.890. The monoisotopic (exact) mass is 292 g/mol. The van der Waals surface area contributed by atoms with E-state index in [1.165, 1.54) is 68.9 Å². The Kier molecular flexibility index (Phi) is 10.9. The Morgan fingerprint density at radius 3 is 1.81 bits per heavy atom. The first kappa shape index (κ1) is 16.4.